The van der Waals surface area contributed by atoms with Crippen molar-refractivity contribution in [1.82, 2.24) is 9.97 Å². The number of rotatable bonds is 1. The van der Waals surface area contributed by atoms with Crippen molar-refractivity contribution in [2.45, 2.75) is 20.3 Å². The number of nitrogens with zero attached hydrogens (tertiary/aromatic N) is 3. The van der Waals surface area contributed by atoms with Gasteiger partial charge in [-0.1, -0.05) is 13.8 Å². The molecule has 0 saturated carbocycles. The second-order valence-electron chi connectivity index (χ2n) is 5.19. The van der Waals surface area contributed by atoms with Crippen molar-refractivity contribution in [3.63, 3.8) is 0 Å². The van der Waals surface area contributed by atoms with Crippen molar-refractivity contribution < 1.29 is 0 Å². The number of anilines is 1. The summed E-state index contributed by atoms with van der Waals surface area (Å²) in [6.07, 6.45) is 3.02. The van der Waals surface area contributed by atoms with Crippen LogP contribution in [0.2, 0.25) is 0 Å². The van der Waals surface area contributed by atoms with Crippen LogP contribution < -0.4 is 4.90 Å². The number of hydrogen-bond acceptors (Lipinski definition) is 4. The lowest BCUT2D eigenvalue weighted by atomic mass is 9.92. The molecule has 1 aliphatic rings. The fraction of sp³-hybridized carbons (Fsp3) is 0.538. The predicted molar refractivity (Wildman–Crippen MR) is 72.6 cm³/mol. The molecule has 1 fully saturated rings. The summed E-state index contributed by atoms with van der Waals surface area (Å²) in [6, 6.07) is 2.14. The fourth-order valence-electron chi connectivity index (χ4n) is 2.86. The summed E-state index contributed by atoms with van der Waals surface area (Å²) in [7, 11) is 0. The van der Waals surface area contributed by atoms with Crippen LogP contribution in [0.4, 0.5) is 5.82 Å². The summed E-state index contributed by atoms with van der Waals surface area (Å²) in [6.45, 7) is 6.89. The van der Waals surface area contributed by atoms with Crippen LogP contribution in [0.5, 0.6) is 0 Å². The van der Waals surface area contributed by atoms with Gasteiger partial charge in [-0.2, -0.15) is 0 Å². The first-order valence-corrected chi connectivity index (χ1v) is 7.05. The zero-order chi connectivity index (χ0) is 11.8. The largest absolute Gasteiger partial charge is 0.355 e. The van der Waals surface area contributed by atoms with Gasteiger partial charge in [-0.15, -0.1) is 11.3 Å². The van der Waals surface area contributed by atoms with E-state index in [4.69, 9.17) is 0 Å². The molecule has 3 nitrogen and oxygen atoms in total. The summed E-state index contributed by atoms with van der Waals surface area (Å²) in [4.78, 5) is 12.3. The molecule has 0 N–H and O–H groups in total. The van der Waals surface area contributed by atoms with E-state index in [-0.39, 0.29) is 0 Å². The van der Waals surface area contributed by atoms with Crippen LogP contribution in [0.3, 0.4) is 0 Å². The Hall–Kier alpha value is -1.16. The molecule has 3 heterocycles. The van der Waals surface area contributed by atoms with Crippen LogP contribution in [0.25, 0.3) is 10.2 Å². The minimum Gasteiger partial charge on any atom is -0.355 e. The van der Waals surface area contributed by atoms with E-state index in [2.05, 4.69) is 40.2 Å². The summed E-state index contributed by atoms with van der Waals surface area (Å²) in [5.41, 5.74) is 0. The van der Waals surface area contributed by atoms with Crippen LogP contribution in [0.15, 0.2) is 17.8 Å². The van der Waals surface area contributed by atoms with Gasteiger partial charge in [0, 0.05) is 13.1 Å². The van der Waals surface area contributed by atoms with Gasteiger partial charge < -0.3 is 4.90 Å². The Labute approximate surface area is 106 Å². The van der Waals surface area contributed by atoms with Gasteiger partial charge in [-0.05, 0) is 29.7 Å². The molecule has 2 aromatic rings. The van der Waals surface area contributed by atoms with Gasteiger partial charge in [0.1, 0.15) is 17.0 Å². The maximum Gasteiger partial charge on any atom is 0.140 e. The molecule has 1 saturated heterocycles. The first kappa shape index (κ1) is 11.0. The lowest BCUT2D eigenvalue weighted by Gasteiger charge is -2.36. The van der Waals surface area contributed by atoms with Crippen molar-refractivity contribution in [1.29, 1.82) is 0 Å². The maximum absolute atomic E-state index is 4.49. The van der Waals surface area contributed by atoms with Crippen molar-refractivity contribution in [3.05, 3.63) is 17.8 Å². The third-order valence-corrected chi connectivity index (χ3v) is 4.23. The van der Waals surface area contributed by atoms with Gasteiger partial charge in [-0.25, -0.2) is 9.97 Å². The number of fused-ring (bicyclic) bond motifs is 1. The van der Waals surface area contributed by atoms with Crippen molar-refractivity contribution in [3.8, 4) is 0 Å². The second-order valence-corrected chi connectivity index (χ2v) is 6.08. The highest BCUT2D eigenvalue weighted by molar-refractivity contribution is 7.16. The van der Waals surface area contributed by atoms with E-state index < -0.39 is 0 Å². The molecule has 0 aromatic carbocycles. The molecule has 17 heavy (non-hydrogen) atoms. The minimum atomic E-state index is 0.752. The Kier molecular flexibility index (Phi) is 2.74. The molecule has 0 bridgehead atoms. The molecule has 0 aliphatic carbocycles. The number of hydrogen-bond donors (Lipinski definition) is 0. The smallest absolute Gasteiger partial charge is 0.140 e. The van der Waals surface area contributed by atoms with Gasteiger partial charge >= 0.3 is 0 Å². The molecule has 4 heteroatoms. The average molecular weight is 247 g/mol. The van der Waals surface area contributed by atoms with Gasteiger partial charge in [0.25, 0.3) is 0 Å². The lowest BCUT2D eigenvalue weighted by molar-refractivity contribution is 0.356. The van der Waals surface area contributed by atoms with Gasteiger partial charge in [0.05, 0.1) is 5.39 Å². The van der Waals surface area contributed by atoms with E-state index in [1.54, 1.807) is 17.7 Å². The molecule has 90 valence electrons. The Morgan fingerprint density at radius 2 is 2.00 bits per heavy atom. The first-order valence-electron chi connectivity index (χ1n) is 6.17. The molecule has 1 aliphatic heterocycles. The molecular weight excluding hydrogens is 230 g/mol. The average Bonchev–Trinajstić information content (AvgIpc) is 2.75. The quantitative estimate of drug-likeness (QED) is 0.775. The van der Waals surface area contributed by atoms with Crippen LogP contribution in [-0.4, -0.2) is 23.1 Å². The van der Waals surface area contributed by atoms with Gasteiger partial charge in [-0.3, -0.25) is 0 Å². The first-order chi connectivity index (χ1) is 8.24. The van der Waals surface area contributed by atoms with Gasteiger partial charge in [0.15, 0.2) is 0 Å². The Bertz CT molecular complexity index is 512. The maximum atomic E-state index is 4.49. The minimum absolute atomic E-state index is 0.752. The molecule has 3 rings (SSSR count). The van der Waals surface area contributed by atoms with Crippen molar-refractivity contribution in [2.75, 3.05) is 18.0 Å². The van der Waals surface area contributed by atoms with Crippen LogP contribution >= 0.6 is 11.3 Å². The van der Waals surface area contributed by atoms with Crippen molar-refractivity contribution in [2.24, 2.45) is 11.8 Å². The Morgan fingerprint density at radius 1 is 1.24 bits per heavy atom. The summed E-state index contributed by atoms with van der Waals surface area (Å²) in [5.74, 6) is 2.62. The molecule has 2 aromatic heterocycles. The number of aromatic nitrogens is 2. The third kappa shape index (κ3) is 2.02. The molecule has 0 amide bonds. The van der Waals surface area contributed by atoms with Crippen LogP contribution in [0.1, 0.15) is 20.3 Å². The van der Waals surface area contributed by atoms with E-state index in [1.165, 1.54) is 11.8 Å². The third-order valence-electron chi connectivity index (χ3n) is 3.41. The zero-order valence-electron chi connectivity index (χ0n) is 10.3. The topological polar surface area (TPSA) is 29.0 Å². The fourth-order valence-corrected chi connectivity index (χ4v) is 3.59. The molecule has 0 radical (unpaired) electrons. The molecule has 2 atom stereocenters. The number of thiophene rings is 1. The SMILES string of the molecule is C[C@H]1C[C@H](C)CN(c2ncnc3sccc23)C1. The van der Waals surface area contributed by atoms with E-state index in [1.807, 2.05) is 0 Å². The predicted octanol–water partition coefficient (Wildman–Crippen LogP) is 3.17. The van der Waals surface area contributed by atoms with E-state index in [9.17, 15) is 0 Å². The van der Waals surface area contributed by atoms with E-state index >= 15 is 0 Å². The summed E-state index contributed by atoms with van der Waals surface area (Å²) >= 11 is 1.69. The number of piperidine rings is 1. The highest BCUT2D eigenvalue weighted by Gasteiger charge is 2.24. The van der Waals surface area contributed by atoms with E-state index in [0.29, 0.717) is 0 Å². The van der Waals surface area contributed by atoms with Crippen molar-refractivity contribution >= 4 is 27.4 Å². The second kappa shape index (κ2) is 4.26. The monoisotopic (exact) mass is 247 g/mol. The zero-order valence-corrected chi connectivity index (χ0v) is 11.1. The standard InChI is InChI=1S/C13H17N3S/c1-9-5-10(2)7-16(6-9)12-11-3-4-17-13(11)15-8-14-12/h3-4,8-10H,5-7H2,1-2H3/t9-,10-/m0/s1. The lowest BCUT2D eigenvalue weighted by Crippen LogP contribution is -2.39. The van der Waals surface area contributed by atoms with Crippen LogP contribution in [-0.2, 0) is 0 Å². The normalized spacial score (nSPS) is 25.4. The molecule has 0 unspecified atom stereocenters. The van der Waals surface area contributed by atoms with E-state index in [0.717, 1.165) is 35.6 Å². The van der Waals surface area contributed by atoms with Gasteiger partial charge in [0.2, 0.25) is 0 Å². The Balaban J connectivity index is 2.00. The highest BCUT2D eigenvalue weighted by Crippen LogP contribution is 2.31. The highest BCUT2D eigenvalue weighted by atomic mass is 32.1. The van der Waals surface area contributed by atoms with Crippen LogP contribution in [0, 0.1) is 11.8 Å². The summed E-state index contributed by atoms with van der Waals surface area (Å²) in [5, 5.41) is 3.30. The Morgan fingerprint density at radius 3 is 2.76 bits per heavy atom. The summed E-state index contributed by atoms with van der Waals surface area (Å²) < 4.78 is 0. The molecular formula is C13H17N3S. The molecule has 0 spiro atoms.